The lowest BCUT2D eigenvalue weighted by atomic mass is 10.1. The SMILES string of the molecule is COc1cc(/C=C2\C(=O)N(CCC#N)N=C2C)cc(Cl)c1OCc1ccc(Cl)cc1Cl. The van der Waals surface area contributed by atoms with E-state index in [2.05, 4.69) is 5.10 Å². The van der Waals surface area contributed by atoms with Gasteiger partial charge in [-0.25, -0.2) is 5.01 Å². The zero-order chi connectivity index (χ0) is 22.5. The smallest absolute Gasteiger partial charge is 0.275 e. The molecule has 0 aliphatic carbocycles. The van der Waals surface area contributed by atoms with Crippen molar-refractivity contribution >= 4 is 52.5 Å². The maximum absolute atomic E-state index is 12.6. The van der Waals surface area contributed by atoms with Gasteiger partial charge < -0.3 is 9.47 Å². The van der Waals surface area contributed by atoms with Crippen LogP contribution < -0.4 is 9.47 Å². The Labute approximate surface area is 195 Å². The summed E-state index contributed by atoms with van der Waals surface area (Å²) < 4.78 is 11.3. The van der Waals surface area contributed by atoms with E-state index in [0.29, 0.717) is 43.4 Å². The molecule has 0 fully saturated rings. The van der Waals surface area contributed by atoms with Crippen LogP contribution in [-0.4, -0.2) is 30.3 Å². The molecule has 0 spiro atoms. The first-order valence-electron chi connectivity index (χ1n) is 9.24. The number of benzene rings is 2. The van der Waals surface area contributed by atoms with Crippen molar-refractivity contribution in [2.45, 2.75) is 20.0 Å². The van der Waals surface area contributed by atoms with Crippen LogP contribution in [0.25, 0.3) is 6.08 Å². The van der Waals surface area contributed by atoms with Gasteiger partial charge in [0, 0.05) is 15.6 Å². The fourth-order valence-corrected chi connectivity index (χ4v) is 3.70. The van der Waals surface area contributed by atoms with E-state index in [-0.39, 0.29) is 25.5 Å². The number of hydrogen-bond donors (Lipinski definition) is 0. The van der Waals surface area contributed by atoms with Crippen molar-refractivity contribution in [3.63, 3.8) is 0 Å². The van der Waals surface area contributed by atoms with Crippen LogP contribution >= 0.6 is 34.8 Å². The van der Waals surface area contributed by atoms with E-state index >= 15 is 0 Å². The van der Waals surface area contributed by atoms with Crippen molar-refractivity contribution in [2.75, 3.05) is 13.7 Å². The van der Waals surface area contributed by atoms with Crippen molar-refractivity contribution in [2.24, 2.45) is 5.10 Å². The molecule has 0 unspecified atom stereocenters. The molecule has 1 aliphatic rings. The van der Waals surface area contributed by atoms with Gasteiger partial charge in [0.15, 0.2) is 11.5 Å². The highest BCUT2D eigenvalue weighted by molar-refractivity contribution is 6.35. The van der Waals surface area contributed by atoms with Crippen LogP contribution in [0.1, 0.15) is 24.5 Å². The van der Waals surface area contributed by atoms with E-state index in [1.54, 1.807) is 43.3 Å². The number of amides is 1. The van der Waals surface area contributed by atoms with Gasteiger partial charge in [0.1, 0.15) is 6.61 Å². The van der Waals surface area contributed by atoms with Gasteiger partial charge in [-0.15, -0.1) is 0 Å². The molecule has 0 atom stereocenters. The number of nitrogens with zero attached hydrogens (tertiary/aromatic N) is 3. The Morgan fingerprint density at radius 3 is 2.65 bits per heavy atom. The predicted molar refractivity (Wildman–Crippen MR) is 122 cm³/mol. The molecule has 1 heterocycles. The van der Waals surface area contributed by atoms with Gasteiger partial charge in [-0.1, -0.05) is 40.9 Å². The average molecular weight is 479 g/mol. The largest absolute Gasteiger partial charge is 0.493 e. The highest BCUT2D eigenvalue weighted by Gasteiger charge is 2.27. The maximum Gasteiger partial charge on any atom is 0.275 e. The minimum absolute atomic E-state index is 0.171. The summed E-state index contributed by atoms with van der Waals surface area (Å²) in [4.78, 5) is 12.6. The second-order valence-electron chi connectivity index (χ2n) is 6.64. The molecule has 1 amide bonds. The highest BCUT2D eigenvalue weighted by atomic mass is 35.5. The third kappa shape index (κ3) is 5.31. The van der Waals surface area contributed by atoms with E-state index in [1.807, 2.05) is 6.07 Å². The first-order valence-corrected chi connectivity index (χ1v) is 10.4. The van der Waals surface area contributed by atoms with Gasteiger partial charge in [0.25, 0.3) is 5.91 Å². The monoisotopic (exact) mass is 477 g/mol. The molecule has 0 saturated carbocycles. The molecule has 0 aromatic heterocycles. The Morgan fingerprint density at radius 1 is 1.19 bits per heavy atom. The number of methoxy groups -OCH3 is 1. The van der Waals surface area contributed by atoms with Gasteiger partial charge in [0.2, 0.25) is 0 Å². The number of ether oxygens (including phenoxy) is 2. The number of hydrazone groups is 1. The molecular formula is C22H18Cl3N3O3. The lowest BCUT2D eigenvalue weighted by Gasteiger charge is -2.14. The van der Waals surface area contributed by atoms with Crippen LogP contribution in [0.5, 0.6) is 11.5 Å². The minimum atomic E-state index is -0.263. The summed E-state index contributed by atoms with van der Waals surface area (Å²) in [6.07, 6.45) is 1.89. The Morgan fingerprint density at radius 2 is 1.97 bits per heavy atom. The van der Waals surface area contributed by atoms with Crippen LogP contribution in [-0.2, 0) is 11.4 Å². The van der Waals surface area contributed by atoms with E-state index < -0.39 is 0 Å². The third-order valence-corrected chi connectivity index (χ3v) is 5.38. The Kier molecular flexibility index (Phi) is 7.45. The molecule has 2 aromatic carbocycles. The molecule has 9 heteroatoms. The van der Waals surface area contributed by atoms with Crippen molar-refractivity contribution < 1.29 is 14.3 Å². The molecule has 1 aliphatic heterocycles. The lowest BCUT2D eigenvalue weighted by molar-refractivity contribution is -0.125. The zero-order valence-electron chi connectivity index (χ0n) is 16.8. The van der Waals surface area contributed by atoms with E-state index in [0.717, 1.165) is 5.56 Å². The number of halogens is 3. The first kappa shape index (κ1) is 23.0. The minimum Gasteiger partial charge on any atom is -0.493 e. The summed E-state index contributed by atoms with van der Waals surface area (Å²) in [7, 11) is 1.50. The normalized spacial score (nSPS) is 14.6. The van der Waals surface area contributed by atoms with E-state index in [4.69, 9.17) is 49.5 Å². The third-order valence-electron chi connectivity index (χ3n) is 4.51. The van der Waals surface area contributed by atoms with Crippen molar-refractivity contribution in [3.05, 3.63) is 62.1 Å². The van der Waals surface area contributed by atoms with Gasteiger partial charge in [-0.3, -0.25) is 4.79 Å². The predicted octanol–water partition coefficient (Wildman–Crippen LogP) is 5.75. The van der Waals surface area contributed by atoms with Crippen molar-refractivity contribution in [1.29, 1.82) is 5.26 Å². The molecule has 0 bridgehead atoms. The second kappa shape index (κ2) is 10.1. The number of hydrogen-bond acceptors (Lipinski definition) is 5. The molecule has 0 saturated heterocycles. The van der Waals surface area contributed by atoms with Crippen LogP contribution in [0.4, 0.5) is 0 Å². The lowest BCUT2D eigenvalue weighted by Crippen LogP contribution is -2.22. The van der Waals surface area contributed by atoms with Gasteiger partial charge in [0.05, 0.1) is 42.5 Å². The molecule has 160 valence electrons. The maximum atomic E-state index is 12.6. The van der Waals surface area contributed by atoms with E-state index in [9.17, 15) is 4.79 Å². The molecule has 0 N–H and O–H groups in total. The molecule has 6 nitrogen and oxygen atoms in total. The Hall–Kier alpha value is -2.72. The fourth-order valence-electron chi connectivity index (χ4n) is 2.97. The number of nitriles is 1. The summed E-state index contributed by atoms with van der Waals surface area (Å²) in [5.41, 5.74) is 2.39. The number of carbonyl (C=O) groups is 1. The van der Waals surface area contributed by atoms with Crippen LogP contribution in [0, 0.1) is 11.3 Å². The Bertz CT molecular complexity index is 1120. The number of carbonyl (C=O) groups excluding carboxylic acids is 1. The van der Waals surface area contributed by atoms with Gasteiger partial charge in [-0.05, 0) is 42.8 Å². The van der Waals surface area contributed by atoms with Crippen LogP contribution in [0.2, 0.25) is 15.1 Å². The molecule has 3 rings (SSSR count). The van der Waals surface area contributed by atoms with Gasteiger partial charge in [-0.2, -0.15) is 10.4 Å². The molecular weight excluding hydrogens is 461 g/mol. The number of rotatable bonds is 7. The summed E-state index contributed by atoms with van der Waals surface area (Å²) in [5, 5.41) is 15.6. The standard InChI is InChI=1S/C22H18Cl3N3O3/c1-13-17(22(29)28(27-13)7-3-6-26)8-14-9-19(25)21(20(10-14)30-2)31-12-15-4-5-16(23)11-18(15)24/h4-5,8-11H,3,7,12H2,1-2H3/b17-8-. The topological polar surface area (TPSA) is 74.9 Å². The zero-order valence-corrected chi connectivity index (χ0v) is 19.1. The van der Waals surface area contributed by atoms with Crippen LogP contribution in [0.3, 0.4) is 0 Å². The molecule has 31 heavy (non-hydrogen) atoms. The average Bonchev–Trinajstić information content (AvgIpc) is 2.99. The van der Waals surface area contributed by atoms with Crippen molar-refractivity contribution in [1.82, 2.24) is 5.01 Å². The highest BCUT2D eigenvalue weighted by Crippen LogP contribution is 2.38. The summed E-state index contributed by atoms with van der Waals surface area (Å²) in [6, 6.07) is 10.5. The summed E-state index contributed by atoms with van der Waals surface area (Å²) >= 11 is 18.6. The van der Waals surface area contributed by atoms with Gasteiger partial charge >= 0.3 is 0 Å². The fraction of sp³-hybridized carbons (Fsp3) is 0.227. The summed E-state index contributed by atoms with van der Waals surface area (Å²) in [6.45, 7) is 2.15. The second-order valence-corrected chi connectivity index (χ2v) is 7.89. The molecule has 0 radical (unpaired) electrons. The van der Waals surface area contributed by atoms with Crippen molar-refractivity contribution in [3.8, 4) is 17.6 Å². The van der Waals surface area contributed by atoms with E-state index in [1.165, 1.54) is 12.1 Å². The first-order chi connectivity index (χ1) is 14.8. The van der Waals surface area contributed by atoms with Crippen LogP contribution in [0.15, 0.2) is 41.0 Å². The quantitative estimate of drug-likeness (QED) is 0.475. The Balaban J connectivity index is 1.84. The summed E-state index contributed by atoms with van der Waals surface area (Å²) in [5.74, 6) is 0.502. The molecule has 2 aromatic rings.